The second kappa shape index (κ2) is 15.4. The van der Waals surface area contributed by atoms with Gasteiger partial charge in [0.25, 0.3) is 0 Å². The maximum Gasteiger partial charge on any atom is 0.0541 e. The van der Waals surface area contributed by atoms with E-state index in [1.54, 1.807) is 0 Å². The van der Waals surface area contributed by atoms with Crippen LogP contribution in [0.1, 0.15) is 99.9 Å². The molecule has 0 unspecified atom stereocenters. The lowest BCUT2D eigenvalue weighted by Crippen LogP contribution is -2.17. The number of hydrogen-bond donors (Lipinski definition) is 0. The lowest BCUT2D eigenvalue weighted by molar-refractivity contribution is 0.652. The first-order valence-electron chi connectivity index (χ1n) is 28.7. The van der Waals surface area contributed by atoms with Gasteiger partial charge in [0.1, 0.15) is 0 Å². The van der Waals surface area contributed by atoms with Crippen LogP contribution >= 0.6 is 0 Å². The van der Waals surface area contributed by atoms with E-state index in [4.69, 9.17) is 0 Å². The number of rotatable bonds is 4. The fourth-order valence-electron chi connectivity index (χ4n) is 15.8. The van der Waals surface area contributed by atoms with E-state index in [0.717, 1.165) is 0 Å². The lowest BCUT2D eigenvalue weighted by atomic mass is 9.79. The van der Waals surface area contributed by atoms with Gasteiger partial charge in [0.15, 0.2) is 0 Å². The Kier molecular flexibility index (Phi) is 8.87. The number of nitrogens with zero attached hydrogens (tertiary/aromatic N) is 2. The Bertz CT molecular complexity index is 4630. The summed E-state index contributed by atoms with van der Waals surface area (Å²) in [5, 5.41) is 5.11. The molecule has 4 aliphatic carbocycles. The van der Waals surface area contributed by atoms with Gasteiger partial charge in [-0.15, -0.1) is 0 Å². The highest BCUT2D eigenvalue weighted by Gasteiger charge is 2.43. The molecule has 0 atom stereocenters. The smallest absolute Gasteiger partial charge is 0.0541 e. The molecular weight excluding hydrogens is 965 g/mol. The van der Waals surface area contributed by atoms with Crippen molar-refractivity contribution in [3.8, 4) is 78.1 Å². The van der Waals surface area contributed by atoms with E-state index in [2.05, 4.69) is 283 Å². The highest BCUT2D eigenvalue weighted by Crippen LogP contribution is 2.58. The van der Waals surface area contributed by atoms with Gasteiger partial charge in [0.05, 0.1) is 22.1 Å². The van der Waals surface area contributed by atoms with Crippen molar-refractivity contribution in [3.05, 3.63) is 263 Å². The highest BCUT2D eigenvalue weighted by molar-refractivity contribution is 6.12. The molecule has 17 rings (SSSR count). The van der Waals surface area contributed by atoms with Gasteiger partial charge in [0, 0.05) is 54.6 Å². The molecule has 80 heavy (non-hydrogen) atoms. The molecule has 0 saturated heterocycles. The summed E-state index contributed by atoms with van der Waals surface area (Å²) in [6.45, 7) is 19.2. The fourth-order valence-corrected chi connectivity index (χ4v) is 15.8. The first-order valence-corrected chi connectivity index (χ1v) is 28.7. The number of benzene rings is 11. The number of fused-ring (bicyclic) bond motifs is 18. The summed E-state index contributed by atoms with van der Waals surface area (Å²) in [5.74, 6) is 0. The van der Waals surface area contributed by atoms with Gasteiger partial charge in [-0.05, 0) is 196 Å². The third-order valence-corrected chi connectivity index (χ3v) is 20.1. The zero-order valence-corrected chi connectivity index (χ0v) is 46.7. The minimum atomic E-state index is -0.181. The summed E-state index contributed by atoms with van der Waals surface area (Å²) in [6.07, 6.45) is 0. The van der Waals surface area contributed by atoms with Gasteiger partial charge >= 0.3 is 0 Å². The second-order valence-electron chi connectivity index (χ2n) is 25.7. The third kappa shape index (κ3) is 5.88. The lowest BCUT2D eigenvalue weighted by Gasteiger charge is -2.24. The van der Waals surface area contributed by atoms with E-state index in [1.165, 1.54) is 166 Å². The highest BCUT2D eigenvalue weighted by atomic mass is 15.0. The predicted octanol–water partition coefficient (Wildman–Crippen LogP) is 20.4. The first-order chi connectivity index (χ1) is 38.7. The molecule has 0 amide bonds. The topological polar surface area (TPSA) is 9.86 Å². The summed E-state index contributed by atoms with van der Waals surface area (Å²) < 4.78 is 4.95. The molecule has 0 aliphatic heterocycles. The van der Waals surface area contributed by atoms with Gasteiger partial charge in [-0.3, -0.25) is 0 Å². The minimum Gasteiger partial charge on any atom is -0.309 e. The Labute approximate surface area is 468 Å². The van der Waals surface area contributed by atoms with Crippen molar-refractivity contribution in [2.75, 3.05) is 0 Å². The van der Waals surface area contributed by atoms with E-state index in [0.29, 0.717) is 0 Å². The maximum absolute atomic E-state index is 2.55. The van der Waals surface area contributed by atoms with Crippen LogP contribution < -0.4 is 0 Å². The van der Waals surface area contributed by atoms with Gasteiger partial charge in [-0.1, -0.05) is 189 Å². The summed E-state index contributed by atoms with van der Waals surface area (Å²) in [6, 6.07) is 83.8. The molecule has 4 aliphatic rings. The average Bonchev–Trinajstić information content (AvgIpc) is 4.34. The average molecular weight is 1030 g/mol. The summed E-state index contributed by atoms with van der Waals surface area (Å²) in [5.41, 5.74) is 33.9. The van der Waals surface area contributed by atoms with E-state index < -0.39 is 0 Å². The Morgan fingerprint density at radius 3 is 0.963 bits per heavy atom. The summed E-state index contributed by atoms with van der Waals surface area (Å²) >= 11 is 0. The van der Waals surface area contributed by atoms with Crippen LogP contribution in [-0.4, -0.2) is 9.13 Å². The molecular formula is C78H60N2. The molecule has 0 N–H and O–H groups in total. The molecule has 13 aromatic rings. The summed E-state index contributed by atoms with van der Waals surface area (Å²) in [4.78, 5) is 0. The maximum atomic E-state index is 2.55. The largest absolute Gasteiger partial charge is 0.309 e. The Morgan fingerprint density at radius 1 is 0.212 bits per heavy atom. The Morgan fingerprint density at radius 2 is 0.512 bits per heavy atom. The third-order valence-electron chi connectivity index (χ3n) is 20.1. The van der Waals surface area contributed by atoms with Crippen molar-refractivity contribution in [1.82, 2.24) is 9.13 Å². The van der Waals surface area contributed by atoms with Crippen molar-refractivity contribution in [1.29, 1.82) is 0 Å². The molecule has 0 fully saturated rings. The SMILES string of the molecule is CC1(C)c2ccccc2-c2ccc(-n3c4ccccc4c4cc(-c5ccc6c(c5)C(C)(C)c5cc7c(cc5-6)C(C)(C)c5cc(-c6ccc8c(c6)c6ccccc6n8-c6ccc8c(c6)C(C)(C)c6ccccc6-8)ccc5-7)ccc43)cc21. The van der Waals surface area contributed by atoms with Crippen molar-refractivity contribution >= 4 is 43.6 Å². The zero-order chi connectivity index (χ0) is 53.9. The van der Waals surface area contributed by atoms with Crippen LogP contribution in [0.5, 0.6) is 0 Å². The second-order valence-corrected chi connectivity index (χ2v) is 25.7. The van der Waals surface area contributed by atoms with Crippen LogP contribution in [0.3, 0.4) is 0 Å². The van der Waals surface area contributed by atoms with E-state index in [1.807, 2.05) is 0 Å². The number of aromatic nitrogens is 2. The first kappa shape index (κ1) is 46.0. The van der Waals surface area contributed by atoms with Crippen LogP contribution in [0.15, 0.2) is 218 Å². The quantitative estimate of drug-likeness (QED) is 0.166. The molecule has 2 heterocycles. The van der Waals surface area contributed by atoms with Crippen LogP contribution in [-0.2, 0) is 21.7 Å². The molecule has 11 aromatic carbocycles. The molecule has 0 spiro atoms. The molecule has 382 valence electrons. The Balaban J connectivity index is 0.710. The van der Waals surface area contributed by atoms with Gasteiger partial charge < -0.3 is 9.13 Å². The summed E-state index contributed by atoms with van der Waals surface area (Å²) in [7, 11) is 0. The number of para-hydroxylation sites is 2. The molecule has 0 saturated carbocycles. The van der Waals surface area contributed by atoms with Crippen LogP contribution in [0.2, 0.25) is 0 Å². The standard InChI is InChI=1S/C78H60N2/c1-75(2)63-21-13-9-17-51(63)53-33-29-49(41-67(53)75)79-71-23-15-11-19-57(71)61-37-45(27-35-73(61)79)47-25-31-55-59-43-70-60(44-69(59)77(5,6)65(55)39-47)56-32-26-48(40-66(56)78(70,7)8)46-28-36-74-62(38-46)58-20-12-16-24-72(58)80(74)50-30-34-54-52-18-10-14-22-64(52)76(3,4)68(54)42-50/h9-44H,1-8H3. The molecule has 2 nitrogen and oxygen atoms in total. The van der Waals surface area contributed by atoms with Crippen molar-refractivity contribution in [3.63, 3.8) is 0 Å². The fraction of sp³-hybridized carbons (Fsp3) is 0.154. The predicted molar refractivity (Wildman–Crippen MR) is 336 cm³/mol. The molecule has 2 heteroatoms. The van der Waals surface area contributed by atoms with E-state index in [-0.39, 0.29) is 21.7 Å². The monoisotopic (exact) mass is 1020 g/mol. The normalized spacial score (nSPS) is 15.9. The van der Waals surface area contributed by atoms with Gasteiger partial charge in [-0.2, -0.15) is 0 Å². The number of hydrogen-bond acceptors (Lipinski definition) is 0. The molecule has 0 bridgehead atoms. The Hall–Kier alpha value is -8.98. The van der Waals surface area contributed by atoms with E-state index >= 15 is 0 Å². The van der Waals surface area contributed by atoms with E-state index in [9.17, 15) is 0 Å². The van der Waals surface area contributed by atoms with Crippen LogP contribution in [0, 0.1) is 0 Å². The van der Waals surface area contributed by atoms with Crippen molar-refractivity contribution in [2.45, 2.75) is 77.0 Å². The van der Waals surface area contributed by atoms with Crippen LogP contribution in [0.4, 0.5) is 0 Å². The molecule has 0 radical (unpaired) electrons. The minimum absolute atomic E-state index is 0.0694. The zero-order valence-electron chi connectivity index (χ0n) is 46.7. The molecule has 2 aromatic heterocycles. The van der Waals surface area contributed by atoms with Crippen molar-refractivity contribution < 1.29 is 0 Å². The van der Waals surface area contributed by atoms with Crippen molar-refractivity contribution in [2.24, 2.45) is 0 Å². The van der Waals surface area contributed by atoms with Gasteiger partial charge in [-0.25, -0.2) is 0 Å². The van der Waals surface area contributed by atoms with Crippen LogP contribution in [0.25, 0.3) is 122 Å². The van der Waals surface area contributed by atoms with Gasteiger partial charge in [0.2, 0.25) is 0 Å².